The van der Waals surface area contributed by atoms with Gasteiger partial charge in [-0.1, -0.05) is 35.0 Å². The molecular weight excluding hydrogens is 382 g/mol. The summed E-state index contributed by atoms with van der Waals surface area (Å²) in [6.07, 6.45) is 0.646. The van der Waals surface area contributed by atoms with Crippen molar-refractivity contribution in [2.24, 2.45) is 0 Å². The van der Waals surface area contributed by atoms with Gasteiger partial charge in [0.05, 0.1) is 9.90 Å². The van der Waals surface area contributed by atoms with Crippen LogP contribution in [0, 0.1) is 0 Å². The van der Waals surface area contributed by atoms with Gasteiger partial charge in [0, 0.05) is 19.0 Å². The van der Waals surface area contributed by atoms with Gasteiger partial charge in [0.15, 0.2) is 5.82 Å². The Kier molecular flexibility index (Phi) is 4.36. The molecule has 1 atom stereocenters. The summed E-state index contributed by atoms with van der Waals surface area (Å²) in [7, 11) is -3.63. The first-order valence-electron chi connectivity index (χ1n) is 7.68. The number of benzene rings is 1. The molecule has 1 saturated heterocycles. The summed E-state index contributed by atoms with van der Waals surface area (Å²) in [5.74, 6) is 0.924. The van der Waals surface area contributed by atoms with Gasteiger partial charge in [-0.2, -0.15) is 9.29 Å². The van der Waals surface area contributed by atoms with E-state index in [0.29, 0.717) is 31.2 Å². The highest BCUT2D eigenvalue weighted by atomic mass is 35.5. The van der Waals surface area contributed by atoms with Crippen LogP contribution in [-0.2, 0) is 10.0 Å². The molecule has 1 fully saturated rings. The first kappa shape index (κ1) is 16.7. The molecule has 0 saturated carbocycles. The molecule has 0 amide bonds. The lowest BCUT2D eigenvalue weighted by Crippen LogP contribution is -2.29. The van der Waals surface area contributed by atoms with Crippen LogP contribution in [0.3, 0.4) is 0 Å². The van der Waals surface area contributed by atoms with Crippen molar-refractivity contribution in [1.82, 2.24) is 14.4 Å². The van der Waals surface area contributed by atoms with Crippen LogP contribution in [0.4, 0.5) is 0 Å². The first-order valence-corrected chi connectivity index (χ1v) is 10.4. The molecule has 0 bridgehead atoms. The molecular formula is C16H14ClN3O3S2. The zero-order valence-electron chi connectivity index (χ0n) is 13.0. The third-order valence-electron chi connectivity index (χ3n) is 4.14. The van der Waals surface area contributed by atoms with E-state index in [9.17, 15) is 8.42 Å². The van der Waals surface area contributed by atoms with Crippen molar-refractivity contribution in [3.63, 3.8) is 0 Å². The lowest BCUT2D eigenvalue weighted by atomic mass is 10.1. The Morgan fingerprint density at radius 1 is 1.24 bits per heavy atom. The zero-order chi connectivity index (χ0) is 17.4. The summed E-state index contributed by atoms with van der Waals surface area (Å²) in [5.41, 5.74) is 0. The second kappa shape index (κ2) is 6.53. The summed E-state index contributed by atoms with van der Waals surface area (Å²) >= 11 is 7.57. The Labute approximate surface area is 154 Å². The van der Waals surface area contributed by atoms with E-state index in [1.165, 1.54) is 21.7 Å². The first-order chi connectivity index (χ1) is 12.1. The standard InChI is InChI=1S/C16H14ClN3O3S2/c17-12-4-1-2-6-14(12)25(21,22)20-8-7-11(10-20)15-18-16(23-19-15)13-5-3-9-24-13/h1-6,9,11H,7-8,10H2/t11-/m1/s1. The van der Waals surface area contributed by atoms with Gasteiger partial charge < -0.3 is 4.52 Å². The highest BCUT2D eigenvalue weighted by Gasteiger charge is 2.36. The minimum atomic E-state index is -3.63. The van der Waals surface area contributed by atoms with E-state index < -0.39 is 10.0 Å². The third kappa shape index (κ3) is 3.10. The van der Waals surface area contributed by atoms with Gasteiger partial charge in [0.25, 0.3) is 5.89 Å². The van der Waals surface area contributed by atoms with Crippen LogP contribution >= 0.6 is 22.9 Å². The quantitative estimate of drug-likeness (QED) is 0.674. The fourth-order valence-corrected chi connectivity index (χ4v) is 5.49. The molecule has 9 heteroatoms. The Hall–Kier alpha value is -1.74. The van der Waals surface area contributed by atoms with Crippen LogP contribution in [0.5, 0.6) is 0 Å². The number of hydrogen-bond acceptors (Lipinski definition) is 6. The molecule has 1 aromatic carbocycles. The van der Waals surface area contributed by atoms with Crippen molar-refractivity contribution in [3.05, 3.63) is 52.6 Å². The summed E-state index contributed by atoms with van der Waals surface area (Å²) in [6, 6.07) is 10.3. The van der Waals surface area contributed by atoms with Crippen LogP contribution in [0.15, 0.2) is 51.2 Å². The minimum absolute atomic E-state index is 0.0882. The molecule has 6 nitrogen and oxygen atoms in total. The Bertz CT molecular complexity index is 986. The number of thiophene rings is 1. The predicted octanol–water partition coefficient (Wildman–Crippen LogP) is 3.63. The van der Waals surface area contributed by atoms with Gasteiger partial charge in [-0.05, 0) is 30.0 Å². The number of hydrogen-bond donors (Lipinski definition) is 0. The van der Waals surface area contributed by atoms with Gasteiger partial charge >= 0.3 is 0 Å². The number of halogens is 1. The Morgan fingerprint density at radius 2 is 2.08 bits per heavy atom. The Morgan fingerprint density at radius 3 is 2.84 bits per heavy atom. The van der Waals surface area contributed by atoms with Crippen LogP contribution in [-0.4, -0.2) is 36.0 Å². The molecule has 2 aromatic heterocycles. The molecule has 0 unspecified atom stereocenters. The van der Waals surface area contributed by atoms with Gasteiger partial charge in [0.2, 0.25) is 10.0 Å². The normalized spacial score (nSPS) is 18.7. The highest BCUT2D eigenvalue weighted by molar-refractivity contribution is 7.89. The third-order valence-corrected chi connectivity index (χ3v) is 7.37. The predicted molar refractivity (Wildman–Crippen MR) is 95.2 cm³/mol. The highest BCUT2D eigenvalue weighted by Crippen LogP contribution is 2.33. The summed E-state index contributed by atoms with van der Waals surface area (Å²) in [4.78, 5) is 5.46. The fraction of sp³-hybridized carbons (Fsp3) is 0.250. The monoisotopic (exact) mass is 395 g/mol. The molecule has 4 rings (SSSR count). The van der Waals surface area contributed by atoms with Crippen molar-refractivity contribution < 1.29 is 12.9 Å². The van der Waals surface area contributed by atoms with Crippen LogP contribution in [0.1, 0.15) is 18.2 Å². The number of rotatable bonds is 4. The average molecular weight is 396 g/mol. The summed E-state index contributed by atoms with van der Waals surface area (Å²) in [6.45, 7) is 0.720. The van der Waals surface area contributed by atoms with Gasteiger partial charge in [-0.25, -0.2) is 8.42 Å². The molecule has 3 heterocycles. The average Bonchev–Trinajstić information content (AvgIpc) is 3.34. The van der Waals surface area contributed by atoms with Gasteiger partial charge in [0.1, 0.15) is 4.90 Å². The molecule has 0 aliphatic carbocycles. The topological polar surface area (TPSA) is 76.3 Å². The largest absolute Gasteiger partial charge is 0.333 e. The van der Waals surface area contributed by atoms with E-state index in [1.54, 1.807) is 18.2 Å². The number of nitrogens with zero attached hydrogens (tertiary/aromatic N) is 3. The minimum Gasteiger partial charge on any atom is -0.333 e. The lowest BCUT2D eigenvalue weighted by Gasteiger charge is -2.16. The molecule has 0 N–H and O–H groups in total. The van der Waals surface area contributed by atoms with Crippen molar-refractivity contribution in [2.45, 2.75) is 17.2 Å². The maximum Gasteiger partial charge on any atom is 0.267 e. The lowest BCUT2D eigenvalue weighted by molar-refractivity contribution is 0.415. The van der Waals surface area contributed by atoms with E-state index in [0.717, 1.165) is 4.88 Å². The van der Waals surface area contributed by atoms with Crippen molar-refractivity contribution >= 4 is 33.0 Å². The van der Waals surface area contributed by atoms with E-state index in [4.69, 9.17) is 16.1 Å². The molecule has 25 heavy (non-hydrogen) atoms. The molecule has 1 aliphatic rings. The molecule has 130 valence electrons. The maximum absolute atomic E-state index is 12.8. The fourth-order valence-electron chi connectivity index (χ4n) is 2.85. The van der Waals surface area contributed by atoms with E-state index >= 15 is 0 Å². The van der Waals surface area contributed by atoms with E-state index in [1.807, 2.05) is 17.5 Å². The van der Waals surface area contributed by atoms with Crippen molar-refractivity contribution in [3.8, 4) is 10.8 Å². The molecule has 1 aliphatic heterocycles. The van der Waals surface area contributed by atoms with Gasteiger partial charge in [-0.3, -0.25) is 0 Å². The molecule has 0 radical (unpaired) electrons. The zero-order valence-corrected chi connectivity index (χ0v) is 15.4. The van der Waals surface area contributed by atoms with Gasteiger partial charge in [-0.15, -0.1) is 11.3 Å². The second-order valence-electron chi connectivity index (χ2n) is 5.71. The van der Waals surface area contributed by atoms with E-state index in [-0.39, 0.29) is 15.8 Å². The van der Waals surface area contributed by atoms with E-state index in [2.05, 4.69) is 10.1 Å². The second-order valence-corrected chi connectivity index (χ2v) is 8.98. The van der Waals surface area contributed by atoms with Crippen molar-refractivity contribution in [2.75, 3.05) is 13.1 Å². The summed E-state index contributed by atoms with van der Waals surface area (Å²) < 4.78 is 32.3. The number of aromatic nitrogens is 2. The maximum atomic E-state index is 12.8. The van der Waals surface area contributed by atoms with Crippen LogP contribution < -0.4 is 0 Å². The molecule has 0 spiro atoms. The smallest absolute Gasteiger partial charge is 0.267 e. The van der Waals surface area contributed by atoms with Crippen LogP contribution in [0.25, 0.3) is 10.8 Å². The Balaban J connectivity index is 1.55. The SMILES string of the molecule is O=S(=O)(c1ccccc1Cl)N1CC[C@@H](c2noc(-c3cccs3)n2)C1. The van der Waals surface area contributed by atoms with Crippen molar-refractivity contribution in [1.29, 1.82) is 0 Å². The molecule has 3 aromatic rings. The van der Waals surface area contributed by atoms with Crippen LogP contribution in [0.2, 0.25) is 5.02 Å². The number of sulfonamides is 1. The summed E-state index contributed by atoms with van der Waals surface area (Å²) in [5, 5.41) is 6.20.